The van der Waals surface area contributed by atoms with Crippen molar-refractivity contribution in [1.29, 1.82) is 5.26 Å². The molecule has 5 heteroatoms. The Morgan fingerprint density at radius 2 is 2.11 bits per heavy atom. The molecule has 0 radical (unpaired) electrons. The Morgan fingerprint density at radius 3 is 2.78 bits per heavy atom. The highest BCUT2D eigenvalue weighted by atomic mass is 32.2. The van der Waals surface area contributed by atoms with Crippen molar-refractivity contribution < 1.29 is 8.42 Å². The molecule has 0 amide bonds. The zero-order valence-corrected chi connectivity index (χ0v) is 10.7. The maximum absolute atomic E-state index is 11.9. The molecule has 1 aromatic rings. The molecule has 0 heterocycles. The molecule has 0 unspecified atom stereocenters. The lowest BCUT2D eigenvalue weighted by Crippen LogP contribution is -2.24. The van der Waals surface area contributed by atoms with Gasteiger partial charge in [0, 0.05) is 13.0 Å². The Balaban J connectivity index is 2.64. The van der Waals surface area contributed by atoms with Crippen LogP contribution < -0.4 is 4.72 Å². The molecule has 0 aliphatic rings. The third-order valence-corrected chi connectivity index (χ3v) is 3.77. The van der Waals surface area contributed by atoms with Crippen molar-refractivity contribution >= 4 is 10.0 Å². The number of nitriles is 1. The highest BCUT2D eigenvalue weighted by Crippen LogP contribution is 2.10. The molecule has 0 atom stereocenters. The summed E-state index contributed by atoms with van der Waals surface area (Å²) < 4.78 is 26.2. The van der Waals surface area contributed by atoms with Gasteiger partial charge in [0.25, 0.3) is 0 Å². The molecule has 0 bridgehead atoms. The molecule has 94 valence electrons. The fourth-order valence-electron chi connectivity index (χ4n) is 1.37. The minimum Gasteiger partial charge on any atom is -0.211 e. The van der Waals surface area contributed by atoms with Gasteiger partial charge in [0.1, 0.15) is 0 Å². The van der Waals surface area contributed by atoms with Crippen molar-refractivity contribution in [3.8, 4) is 18.4 Å². The van der Waals surface area contributed by atoms with Crippen LogP contribution in [0.15, 0.2) is 29.2 Å². The van der Waals surface area contributed by atoms with E-state index in [4.69, 9.17) is 11.7 Å². The van der Waals surface area contributed by atoms with Crippen LogP contribution in [0.2, 0.25) is 0 Å². The van der Waals surface area contributed by atoms with E-state index in [0.717, 1.165) is 6.42 Å². The van der Waals surface area contributed by atoms with E-state index < -0.39 is 10.0 Å². The second-order valence-electron chi connectivity index (χ2n) is 3.70. The van der Waals surface area contributed by atoms with Gasteiger partial charge in [-0.25, -0.2) is 13.1 Å². The SMILES string of the molecule is C#CCCCCNS(=O)(=O)c1cccc(C#N)c1. The van der Waals surface area contributed by atoms with Crippen molar-refractivity contribution in [3.05, 3.63) is 29.8 Å². The quantitative estimate of drug-likeness (QED) is 0.626. The third-order valence-electron chi connectivity index (χ3n) is 2.31. The van der Waals surface area contributed by atoms with Crippen LogP contribution in [-0.2, 0) is 10.0 Å². The molecule has 0 saturated heterocycles. The van der Waals surface area contributed by atoms with Crippen LogP contribution in [0.3, 0.4) is 0 Å². The third kappa shape index (κ3) is 4.21. The fourth-order valence-corrected chi connectivity index (χ4v) is 2.49. The van der Waals surface area contributed by atoms with E-state index >= 15 is 0 Å². The first-order valence-electron chi connectivity index (χ1n) is 5.53. The van der Waals surface area contributed by atoms with Crippen molar-refractivity contribution in [2.24, 2.45) is 0 Å². The van der Waals surface area contributed by atoms with Gasteiger partial charge in [0.2, 0.25) is 10.0 Å². The summed E-state index contributed by atoms with van der Waals surface area (Å²) in [4.78, 5) is 0.110. The van der Waals surface area contributed by atoms with Crippen LogP contribution in [0.25, 0.3) is 0 Å². The molecule has 0 aliphatic heterocycles. The number of hydrogen-bond acceptors (Lipinski definition) is 3. The van der Waals surface area contributed by atoms with Crippen LogP contribution in [0, 0.1) is 23.7 Å². The summed E-state index contributed by atoms with van der Waals surface area (Å²) in [5.74, 6) is 2.50. The first-order chi connectivity index (χ1) is 8.60. The predicted molar refractivity (Wildman–Crippen MR) is 69.0 cm³/mol. The molecule has 1 N–H and O–H groups in total. The monoisotopic (exact) mass is 262 g/mol. The minimum atomic E-state index is -3.53. The zero-order valence-electron chi connectivity index (χ0n) is 9.89. The van der Waals surface area contributed by atoms with Gasteiger partial charge in [-0.3, -0.25) is 0 Å². The Bertz CT molecular complexity index is 580. The van der Waals surface area contributed by atoms with E-state index in [0.29, 0.717) is 24.9 Å². The Morgan fingerprint density at radius 1 is 1.33 bits per heavy atom. The number of unbranched alkanes of at least 4 members (excludes halogenated alkanes) is 2. The highest BCUT2D eigenvalue weighted by molar-refractivity contribution is 7.89. The summed E-state index contributed by atoms with van der Waals surface area (Å²) in [5.41, 5.74) is 0.324. The summed E-state index contributed by atoms with van der Waals surface area (Å²) >= 11 is 0. The molecule has 1 aromatic carbocycles. The fraction of sp³-hybridized carbons (Fsp3) is 0.308. The maximum Gasteiger partial charge on any atom is 0.240 e. The van der Waals surface area contributed by atoms with E-state index in [9.17, 15) is 8.42 Å². The molecule has 18 heavy (non-hydrogen) atoms. The zero-order chi connectivity index (χ0) is 13.4. The summed E-state index contributed by atoms with van der Waals surface area (Å²) in [6.45, 7) is 0.348. The minimum absolute atomic E-state index is 0.110. The van der Waals surface area contributed by atoms with Gasteiger partial charge in [-0.2, -0.15) is 5.26 Å². The van der Waals surface area contributed by atoms with E-state index in [1.54, 1.807) is 12.1 Å². The summed E-state index contributed by atoms with van der Waals surface area (Å²) in [7, 11) is -3.53. The highest BCUT2D eigenvalue weighted by Gasteiger charge is 2.13. The van der Waals surface area contributed by atoms with Crippen LogP contribution in [-0.4, -0.2) is 15.0 Å². The van der Waals surface area contributed by atoms with Crippen molar-refractivity contribution in [2.75, 3.05) is 6.54 Å². The average Bonchev–Trinajstić information content (AvgIpc) is 2.38. The molecule has 4 nitrogen and oxygen atoms in total. The lowest BCUT2D eigenvalue weighted by Gasteiger charge is -2.06. The maximum atomic E-state index is 11.9. The Labute approximate surface area is 108 Å². The van der Waals surface area contributed by atoms with Crippen LogP contribution in [0.4, 0.5) is 0 Å². The first-order valence-corrected chi connectivity index (χ1v) is 7.02. The summed E-state index contributed by atoms with van der Waals surface area (Å²) in [5, 5.41) is 8.72. The normalized spacial score (nSPS) is 10.6. The average molecular weight is 262 g/mol. The lowest BCUT2D eigenvalue weighted by molar-refractivity contribution is 0.577. The number of terminal acetylenes is 1. The largest absolute Gasteiger partial charge is 0.240 e. The first kappa shape index (κ1) is 14.2. The number of rotatable bonds is 6. The van der Waals surface area contributed by atoms with Gasteiger partial charge < -0.3 is 0 Å². The van der Waals surface area contributed by atoms with E-state index in [1.165, 1.54) is 12.1 Å². The second kappa shape index (κ2) is 6.80. The van der Waals surface area contributed by atoms with Gasteiger partial charge in [-0.1, -0.05) is 6.07 Å². The molecule has 0 aromatic heterocycles. The molecule has 0 aliphatic carbocycles. The van der Waals surface area contributed by atoms with E-state index in [2.05, 4.69) is 10.6 Å². The molecule has 1 rings (SSSR count). The van der Waals surface area contributed by atoms with E-state index in [1.807, 2.05) is 6.07 Å². The Hall–Kier alpha value is -1.82. The number of nitrogens with one attached hydrogen (secondary N) is 1. The van der Waals surface area contributed by atoms with Crippen LogP contribution in [0.1, 0.15) is 24.8 Å². The standard InChI is InChI=1S/C13H14N2O2S/c1-2-3-4-5-9-15-18(16,17)13-8-6-7-12(10-13)11-14/h1,6-8,10,15H,3-5,9H2. The van der Waals surface area contributed by atoms with Gasteiger partial charge in [-0.05, 0) is 31.0 Å². The number of sulfonamides is 1. The van der Waals surface area contributed by atoms with Crippen LogP contribution in [0.5, 0.6) is 0 Å². The van der Waals surface area contributed by atoms with E-state index in [-0.39, 0.29) is 4.90 Å². The van der Waals surface area contributed by atoms with Crippen molar-refractivity contribution in [3.63, 3.8) is 0 Å². The number of nitrogens with zero attached hydrogens (tertiary/aromatic N) is 1. The smallest absolute Gasteiger partial charge is 0.211 e. The topological polar surface area (TPSA) is 70.0 Å². The molecular weight excluding hydrogens is 248 g/mol. The second-order valence-corrected chi connectivity index (χ2v) is 5.47. The Kier molecular flexibility index (Phi) is 5.38. The van der Waals surface area contributed by atoms with Crippen molar-refractivity contribution in [2.45, 2.75) is 24.2 Å². The number of hydrogen-bond donors (Lipinski definition) is 1. The lowest BCUT2D eigenvalue weighted by atomic mass is 10.2. The van der Waals surface area contributed by atoms with Crippen LogP contribution >= 0.6 is 0 Å². The summed E-state index contributed by atoms with van der Waals surface area (Å²) in [6.07, 6.45) is 7.23. The van der Waals surface area contributed by atoms with Gasteiger partial charge in [0.05, 0.1) is 16.5 Å². The molecular formula is C13H14N2O2S. The molecule has 0 saturated carbocycles. The number of benzene rings is 1. The van der Waals surface area contributed by atoms with Crippen molar-refractivity contribution in [1.82, 2.24) is 4.72 Å². The predicted octanol–water partition coefficient (Wildman–Crippen LogP) is 1.64. The van der Waals surface area contributed by atoms with Gasteiger partial charge in [-0.15, -0.1) is 12.3 Å². The molecule has 0 spiro atoms. The molecule has 0 fully saturated rings. The van der Waals surface area contributed by atoms with Gasteiger partial charge in [0.15, 0.2) is 0 Å². The summed E-state index contributed by atoms with van der Waals surface area (Å²) in [6, 6.07) is 7.83. The van der Waals surface area contributed by atoms with Gasteiger partial charge >= 0.3 is 0 Å².